The average molecular weight is 422 g/mol. The molecule has 2 rings (SSSR count). The van der Waals surface area contributed by atoms with Crippen LogP contribution in [0, 0.1) is 11.7 Å². The summed E-state index contributed by atoms with van der Waals surface area (Å²) in [4.78, 5) is 14.3. The highest BCUT2D eigenvalue weighted by molar-refractivity contribution is 7.87. The molecule has 0 saturated heterocycles. The van der Waals surface area contributed by atoms with Crippen molar-refractivity contribution in [2.75, 3.05) is 0 Å². The Hall–Kier alpha value is -2.41. The van der Waals surface area contributed by atoms with E-state index in [1.165, 1.54) is 6.07 Å². The molecule has 0 radical (unpaired) electrons. The molecule has 0 aliphatic heterocycles. The standard InChI is InChI=1S/C22H28FNO4S/c1-5-17(4)24(22(25)13-16(2)3)15-18-7-6-8-20(14-18)28-29(26,27)21-11-9-19(23)10-12-21/h6-12,14,16-17H,5,13,15H2,1-4H3. The van der Waals surface area contributed by atoms with Gasteiger partial charge in [0.15, 0.2) is 0 Å². The molecule has 5 nitrogen and oxygen atoms in total. The predicted octanol–water partition coefficient (Wildman–Crippen LogP) is 4.77. The van der Waals surface area contributed by atoms with Gasteiger partial charge >= 0.3 is 10.1 Å². The van der Waals surface area contributed by atoms with Crippen molar-refractivity contribution in [2.24, 2.45) is 5.92 Å². The fourth-order valence-corrected chi connectivity index (χ4v) is 3.77. The van der Waals surface area contributed by atoms with Gasteiger partial charge in [-0.1, -0.05) is 32.9 Å². The quantitative estimate of drug-likeness (QED) is 0.547. The predicted molar refractivity (Wildman–Crippen MR) is 110 cm³/mol. The van der Waals surface area contributed by atoms with Crippen LogP contribution >= 0.6 is 0 Å². The summed E-state index contributed by atoms with van der Waals surface area (Å²) < 4.78 is 43.1. The second-order valence-corrected chi connectivity index (χ2v) is 9.06. The summed E-state index contributed by atoms with van der Waals surface area (Å²) in [7, 11) is -4.08. The monoisotopic (exact) mass is 421 g/mol. The van der Waals surface area contributed by atoms with Gasteiger partial charge < -0.3 is 9.08 Å². The van der Waals surface area contributed by atoms with Crippen LogP contribution in [0.2, 0.25) is 0 Å². The highest BCUT2D eigenvalue weighted by Crippen LogP contribution is 2.22. The lowest BCUT2D eigenvalue weighted by Crippen LogP contribution is -2.38. The molecule has 0 aromatic heterocycles. The molecule has 158 valence electrons. The number of halogens is 1. The molecular formula is C22H28FNO4S. The minimum atomic E-state index is -4.08. The fraction of sp³-hybridized carbons (Fsp3) is 0.409. The highest BCUT2D eigenvalue weighted by atomic mass is 32.2. The van der Waals surface area contributed by atoms with Crippen molar-refractivity contribution in [3.8, 4) is 5.75 Å². The highest BCUT2D eigenvalue weighted by Gasteiger charge is 2.21. The number of nitrogens with zero attached hydrogens (tertiary/aromatic N) is 1. The van der Waals surface area contributed by atoms with Crippen molar-refractivity contribution in [1.82, 2.24) is 4.90 Å². The van der Waals surface area contributed by atoms with Crippen LogP contribution in [0.25, 0.3) is 0 Å². The second kappa shape index (κ2) is 9.87. The van der Waals surface area contributed by atoms with Gasteiger partial charge in [-0.2, -0.15) is 8.42 Å². The van der Waals surface area contributed by atoms with E-state index in [2.05, 4.69) is 0 Å². The summed E-state index contributed by atoms with van der Waals surface area (Å²) in [6.07, 6.45) is 1.28. The van der Waals surface area contributed by atoms with Gasteiger partial charge in [0.1, 0.15) is 16.5 Å². The molecule has 0 saturated carbocycles. The summed E-state index contributed by atoms with van der Waals surface area (Å²) in [6, 6.07) is 11.2. The van der Waals surface area contributed by atoms with E-state index >= 15 is 0 Å². The van der Waals surface area contributed by atoms with Crippen LogP contribution in [-0.4, -0.2) is 25.3 Å². The van der Waals surface area contributed by atoms with E-state index in [0.717, 1.165) is 36.2 Å². The maximum absolute atomic E-state index is 13.0. The molecule has 29 heavy (non-hydrogen) atoms. The molecule has 0 aliphatic rings. The molecule has 2 aromatic rings. The van der Waals surface area contributed by atoms with Gasteiger partial charge in [0.2, 0.25) is 5.91 Å². The second-order valence-electron chi connectivity index (χ2n) is 7.52. The summed E-state index contributed by atoms with van der Waals surface area (Å²) in [5.74, 6) is -0.0569. The molecule has 1 atom stereocenters. The Morgan fingerprint density at radius 1 is 1.10 bits per heavy atom. The molecule has 0 N–H and O–H groups in total. The summed E-state index contributed by atoms with van der Waals surface area (Å²) in [5, 5.41) is 0. The molecule has 1 amide bonds. The summed E-state index contributed by atoms with van der Waals surface area (Å²) in [5.41, 5.74) is 0.772. The Morgan fingerprint density at radius 3 is 2.34 bits per heavy atom. The minimum absolute atomic E-state index is 0.0637. The van der Waals surface area contributed by atoms with Crippen LogP contribution < -0.4 is 4.18 Å². The van der Waals surface area contributed by atoms with Gasteiger partial charge in [0, 0.05) is 19.0 Å². The smallest absolute Gasteiger partial charge is 0.339 e. The third-order valence-corrected chi connectivity index (χ3v) is 5.85. The van der Waals surface area contributed by atoms with Crippen LogP contribution in [0.4, 0.5) is 4.39 Å². The molecule has 0 spiro atoms. The lowest BCUT2D eigenvalue weighted by molar-refractivity contribution is -0.134. The van der Waals surface area contributed by atoms with Crippen LogP contribution in [0.3, 0.4) is 0 Å². The van der Waals surface area contributed by atoms with E-state index in [9.17, 15) is 17.6 Å². The van der Waals surface area contributed by atoms with Gasteiger partial charge in [0.25, 0.3) is 0 Å². The minimum Gasteiger partial charge on any atom is -0.379 e. The van der Waals surface area contributed by atoms with Gasteiger partial charge in [-0.05, 0) is 61.2 Å². The van der Waals surface area contributed by atoms with Crippen LogP contribution in [0.1, 0.15) is 46.1 Å². The van der Waals surface area contributed by atoms with Gasteiger partial charge in [-0.15, -0.1) is 0 Å². The fourth-order valence-electron chi connectivity index (χ4n) is 2.85. The van der Waals surface area contributed by atoms with E-state index in [0.29, 0.717) is 13.0 Å². The SMILES string of the molecule is CCC(C)N(Cc1cccc(OS(=O)(=O)c2ccc(F)cc2)c1)C(=O)CC(C)C. The lowest BCUT2D eigenvalue weighted by atomic mass is 10.1. The zero-order valence-corrected chi connectivity index (χ0v) is 18.1. The van der Waals surface area contributed by atoms with E-state index in [4.69, 9.17) is 4.18 Å². The largest absolute Gasteiger partial charge is 0.379 e. The van der Waals surface area contributed by atoms with E-state index < -0.39 is 15.9 Å². The van der Waals surface area contributed by atoms with Crippen molar-refractivity contribution < 1.29 is 21.8 Å². The zero-order valence-electron chi connectivity index (χ0n) is 17.3. The Morgan fingerprint density at radius 2 is 1.76 bits per heavy atom. The summed E-state index contributed by atoms with van der Waals surface area (Å²) in [6.45, 7) is 8.39. The van der Waals surface area contributed by atoms with Crippen LogP contribution in [-0.2, 0) is 21.5 Å². The van der Waals surface area contributed by atoms with Crippen LogP contribution in [0.5, 0.6) is 5.75 Å². The zero-order chi connectivity index (χ0) is 21.6. The maximum Gasteiger partial charge on any atom is 0.339 e. The Labute approximate surface area is 172 Å². The number of carbonyl (C=O) groups is 1. The molecular weight excluding hydrogens is 393 g/mol. The first-order chi connectivity index (χ1) is 13.6. The van der Waals surface area contributed by atoms with Crippen molar-refractivity contribution in [3.63, 3.8) is 0 Å². The van der Waals surface area contributed by atoms with E-state index in [1.54, 1.807) is 12.1 Å². The third kappa shape index (κ3) is 6.56. The third-order valence-electron chi connectivity index (χ3n) is 4.59. The topological polar surface area (TPSA) is 63.7 Å². The van der Waals surface area contributed by atoms with Crippen molar-refractivity contribution in [3.05, 3.63) is 59.9 Å². The van der Waals surface area contributed by atoms with Crippen molar-refractivity contribution in [1.29, 1.82) is 0 Å². The molecule has 2 aromatic carbocycles. The Kier molecular flexibility index (Phi) is 7.79. The first kappa shape index (κ1) is 22.9. The Balaban J connectivity index is 2.21. The first-order valence-electron chi connectivity index (χ1n) is 9.70. The molecule has 0 heterocycles. The molecule has 0 bridgehead atoms. The molecule has 0 fully saturated rings. The maximum atomic E-state index is 13.0. The number of amides is 1. The summed E-state index contributed by atoms with van der Waals surface area (Å²) >= 11 is 0. The number of hydrogen-bond donors (Lipinski definition) is 0. The van der Waals surface area contributed by atoms with E-state index in [1.807, 2.05) is 38.7 Å². The van der Waals surface area contributed by atoms with Gasteiger partial charge in [-0.25, -0.2) is 4.39 Å². The van der Waals surface area contributed by atoms with Crippen molar-refractivity contribution >= 4 is 16.0 Å². The number of carbonyl (C=O) groups excluding carboxylic acids is 1. The normalized spacial score (nSPS) is 12.6. The lowest BCUT2D eigenvalue weighted by Gasteiger charge is -2.29. The number of rotatable bonds is 9. The average Bonchev–Trinajstić information content (AvgIpc) is 2.65. The van der Waals surface area contributed by atoms with Gasteiger partial charge in [0.05, 0.1) is 0 Å². The molecule has 7 heteroatoms. The van der Waals surface area contributed by atoms with Crippen LogP contribution in [0.15, 0.2) is 53.4 Å². The van der Waals surface area contributed by atoms with E-state index in [-0.39, 0.29) is 28.5 Å². The molecule has 0 aliphatic carbocycles. The number of benzene rings is 2. The van der Waals surface area contributed by atoms with Gasteiger partial charge in [-0.3, -0.25) is 4.79 Å². The molecule has 1 unspecified atom stereocenters. The first-order valence-corrected chi connectivity index (χ1v) is 11.1. The Bertz CT molecular complexity index is 926. The van der Waals surface area contributed by atoms with Crippen molar-refractivity contribution in [2.45, 2.75) is 58.0 Å². The number of hydrogen-bond acceptors (Lipinski definition) is 4.